The second kappa shape index (κ2) is 11.4. The summed E-state index contributed by atoms with van der Waals surface area (Å²) in [6, 6.07) is 0. The van der Waals surface area contributed by atoms with Gasteiger partial charge in [0.05, 0.1) is 0 Å². The molecule has 0 aromatic rings. The van der Waals surface area contributed by atoms with Crippen molar-refractivity contribution < 1.29 is 0 Å². The highest BCUT2D eigenvalue weighted by molar-refractivity contribution is 5.00. The molecule has 0 bridgehead atoms. The van der Waals surface area contributed by atoms with Crippen LogP contribution in [0.15, 0.2) is 12.7 Å². The van der Waals surface area contributed by atoms with Crippen LogP contribution < -0.4 is 0 Å². The Kier molecular flexibility index (Phi) is 10.3. The third-order valence-electron chi connectivity index (χ3n) is 6.55. The van der Waals surface area contributed by atoms with Crippen LogP contribution in [-0.4, -0.2) is 0 Å². The largest absolute Gasteiger partial charge is 0.103 e. The highest BCUT2D eigenvalue weighted by Gasteiger charge is 2.47. The molecule has 0 spiro atoms. The molecule has 3 aliphatic carbocycles. The van der Waals surface area contributed by atoms with E-state index in [0.29, 0.717) is 0 Å². The molecule has 6 atom stereocenters. The molecule has 0 saturated heterocycles. The van der Waals surface area contributed by atoms with Gasteiger partial charge >= 0.3 is 0 Å². The minimum atomic E-state index is 0.833. The van der Waals surface area contributed by atoms with E-state index in [2.05, 4.69) is 40.3 Å². The summed E-state index contributed by atoms with van der Waals surface area (Å²) in [5.41, 5.74) is 0. The Labute approximate surface area is 153 Å². The highest BCUT2D eigenvalue weighted by Crippen LogP contribution is 2.56. The second-order valence-corrected chi connectivity index (χ2v) is 8.92. The predicted octanol–water partition coefficient (Wildman–Crippen LogP) is 8.13. The van der Waals surface area contributed by atoms with Crippen LogP contribution in [0.3, 0.4) is 0 Å². The number of allylic oxidation sites excluding steroid dienone is 1. The van der Waals surface area contributed by atoms with Gasteiger partial charge in [0.2, 0.25) is 0 Å². The molecule has 3 fully saturated rings. The summed E-state index contributed by atoms with van der Waals surface area (Å²) < 4.78 is 0. The van der Waals surface area contributed by atoms with Crippen molar-refractivity contribution in [1.82, 2.24) is 0 Å². The van der Waals surface area contributed by atoms with Crippen LogP contribution in [0.1, 0.15) is 99.3 Å². The van der Waals surface area contributed by atoms with E-state index in [1.165, 1.54) is 32.1 Å². The zero-order chi connectivity index (χ0) is 18.1. The summed E-state index contributed by atoms with van der Waals surface area (Å²) in [4.78, 5) is 0. The van der Waals surface area contributed by atoms with Gasteiger partial charge in [-0.2, -0.15) is 0 Å². The molecule has 0 N–H and O–H groups in total. The molecule has 3 rings (SSSR count). The summed E-state index contributed by atoms with van der Waals surface area (Å²) >= 11 is 0. The molecular weight excluding hydrogens is 288 g/mol. The fourth-order valence-corrected chi connectivity index (χ4v) is 5.86. The van der Waals surface area contributed by atoms with Gasteiger partial charge in [-0.05, 0) is 80.0 Å². The van der Waals surface area contributed by atoms with Gasteiger partial charge in [0.15, 0.2) is 0 Å². The van der Waals surface area contributed by atoms with Crippen molar-refractivity contribution in [2.45, 2.75) is 99.3 Å². The summed E-state index contributed by atoms with van der Waals surface area (Å²) in [7, 11) is 0. The van der Waals surface area contributed by atoms with Gasteiger partial charge in [-0.1, -0.05) is 66.9 Å². The van der Waals surface area contributed by atoms with Crippen molar-refractivity contribution >= 4 is 0 Å². The van der Waals surface area contributed by atoms with Crippen LogP contribution in [0.2, 0.25) is 0 Å². The van der Waals surface area contributed by atoms with Gasteiger partial charge < -0.3 is 0 Å². The minimum absolute atomic E-state index is 0.833. The van der Waals surface area contributed by atoms with Gasteiger partial charge in [-0.3, -0.25) is 0 Å². The van der Waals surface area contributed by atoms with Crippen LogP contribution in [-0.2, 0) is 0 Å². The quantitative estimate of drug-likeness (QED) is 0.457. The zero-order valence-corrected chi connectivity index (χ0v) is 17.7. The fraction of sp³-hybridized carbons (Fsp3) is 0.917. The molecule has 0 aliphatic heterocycles. The molecule has 0 radical (unpaired) electrons. The van der Waals surface area contributed by atoms with Gasteiger partial charge in [-0.15, -0.1) is 6.58 Å². The molecule has 0 amide bonds. The number of fused-ring (bicyclic) bond motifs is 3. The van der Waals surface area contributed by atoms with Crippen molar-refractivity contribution in [2.75, 3.05) is 0 Å². The van der Waals surface area contributed by atoms with Crippen molar-refractivity contribution in [3.8, 4) is 0 Å². The van der Waals surface area contributed by atoms with E-state index in [9.17, 15) is 0 Å². The molecule has 0 heteroatoms. The minimum Gasteiger partial charge on any atom is -0.103 e. The normalized spacial score (nSPS) is 37.3. The first-order valence-corrected chi connectivity index (χ1v) is 11.2. The first-order chi connectivity index (χ1) is 11.6. The molecule has 3 saturated carbocycles. The lowest BCUT2D eigenvalue weighted by Crippen LogP contribution is -2.41. The van der Waals surface area contributed by atoms with Crippen LogP contribution in [0.5, 0.6) is 0 Å². The Morgan fingerprint density at radius 3 is 2.08 bits per heavy atom. The highest BCUT2D eigenvalue weighted by atomic mass is 14.5. The Balaban J connectivity index is 0.000000423. The first-order valence-electron chi connectivity index (χ1n) is 11.2. The maximum absolute atomic E-state index is 4.12. The lowest BCUT2D eigenvalue weighted by Gasteiger charge is -2.50. The second-order valence-electron chi connectivity index (χ2n) is 8.92. The molecule has 142 valence electrons. The Hall–Kier alpha value is -0.260. The van der Waals surface area contributed by atoms with Crippen LogP contribution in [0.25, 0.3) is 0 Å². The molecule has 3 aliphatic rings. The van der Waals surface area contributed by atoms with E-state index in [1.54, 1.807) is 25.7 Å². The van der Waals surface area contributed by atoms with Gasteiger partial charge in [0.1, 0.15) is 0 Å². The molecule has 24 heavy (non-hydrogen) atoms. The number of hydrogen-bond acceptors (Lipinski definition) is 0. The smallest absolute Gasteiger partial charge is 0.0205 e. The third-order valence-corrected chi connectivity index (χ3v) is 6.55. The topological polar surface area (TPSA) is 0 Å². The number of rotatable bonds is 3. The van der Waals surface area contributed by atoms with E-state index in [-0.39, 0.29) is 0 Å². The maximum Gasteiger partial charge on any atom is -0.0205 e. The average Bonchev–Trinajstić information content (AvgIpc) is 3.05. The van der Waals surface area contributed by atoms with E-state index in [1.807, 2.05) is 13.8 Å². The summed E-state index contributed by atoms with van der Waals surface area (Å²) in [5.74, 6) is 7.04. The van der Waals surface area contributed by atoms with Gasteiger partial charge in [0, 0.05) is 0 Å². The fourth-order valence-electron chi connectivity index (χ4n) is 5.86. The summed E-state index contributed by atoms with van der Waals surface area (Å²) in [6.45, 7) is 17.0. The molecular formula is C24H46. The Morgan fingerprint density at radius 2 is 1.50 bits per heavy atom. The molecule has 0 heterocycles. The van der Waals surface area contributed by atoms with E-state index in [0.717, 1.165) is 41.4 Å². The lowest BCUT2D eigenvalue weighted by molar-refractivity contribution is 0.00746. The predicted molar refractivity (Wildman–Crippen MR) is 110 cm³/mol. The molecule has 6 unspecified atom stereocenters. The van der Waals surface area contributed by atoms with Crippen molar-refractivity contribution in [2.24, 2.45) is 41.4 Å². The van der Waals surface area contributed by atoms with Crippen molar-refractivity contribution in [3.63, 3.8) is 0 Å². The van der Waals surface area contributed by atoms with Crippen LogP contribution in [0.4, 0.5) is 0 Å². The van der Waals surface area contributed by atoms with E-state index in [4.69, 9.17) is 0 Å². The number of hydrogen-bond donors (Lipinski definition) is 0. The average molecular weight is 335 g/mol. The maximum atomic E-state index is 4.12. The van der Waals surface area contributed by atoms with Crippen LogP contribution >= 0.6 is 0 Å². The molecule has 0 aromatic heterocycles. The molecule has 0 aromatic carbocycles. The monoisotopic (exact) mass is 334 g/mol. The Morgan fingerprint density at radius 1 is 0.875 bits per heavy atom. The summed E-state index contributed by atoms with van der Waals surface area (Å²) in [6.07, 6.45) is 15.8. The standard InChI is InChI=1S/C18H30.C4H10.C2H6/c1-3-6-15-13(4-2)9-11-18-16-8-5-7-14(16)10-12-17(15)18;1-4(2)3;1-2/h4,13-18H,2-3,5-12H2,1H3;4H,1-3H3;1-2H3. The Bertz CT molecular complexity index is 326. The van der Waals surface area contributed by atoms with Gasteiger partial charge in [-0.25, -0.2) is 0 Å². The van der Waals surface area contributed by atoms with Crippen molar-refractivity contribution in [1.29, 1.82) is 0 Å². The third kappa shape index (κ3) is 5.63. The van der Waals surface area contributed by atoms with Crippen LogP contribution in [0, 0.1) is 41.4 Å². The SMILES string of the molecule is C=CC1CCC2C3CCCC3CCC2C1CCC.CC.CC(C)C. The van der Waals surface area contributed by atoms with Crippen molar-refractivity contribution in [3.05, 3.63) is 12.7 Å². The molecule has 0 nitrogen and oxygen atoms in total. The van der Waals surface area contributed by atoms with E-state index < -0.39 is 0 Å². The van der Waals surface area contributed by atoms with E-state index >= 15 is 0 Å². The van der Waals surface area contributed by atoms with Gasteiger partial charge in [0.25, 0.3) is 0 Å². The lowest BCUT2D eigenvalue weighted by atomic mass is 9.55. The zero-order valence-electron chi connectivity index (χ0n) is 17.7. The summed E-state index contributed by atoms with van der Waals surface area (Å²) in [5, 5.41) is 0. The first kappa shape index (κ1) is 21.8.